The van der Waals surface area contributed by atoms with Crippen molar-refractivity contribution in [3.8, 4) is 0 Å². The van der Waals surface area contributed by atoms with Crippen LogP contribution in [0.5, 0.6) is 0 Å². The van der Waals surface area contributed by atoms with Gasteiger partial charge in [-0.3, -0.25) is 0 Å². The van der Waals surface area contributed by atoms with Crippen molar-refractivity contribution in [1.82, 2.24) is 4.90 Å². The van der Waals surface area contributed by atoms with E-state index in [1.807, 2.05) is 0 Å². The first kappa shape index (κ1) is 6.66. The van der Waals surface area contributed by atoms with Crippen LogP contribution in [0.2, 0.25) is 0 Å². The van der Waals surface area contributed by atoms with E-state index >= 15 is 0 Å². The van der Waals surface area contributed by atoms with Gasteiger partial charge in [0.2, 0.25) is 0 Å². The number of rotatable bonds is 0. The van der Waals surface area contributed by atoms with Crippen LogP contribution < -0.4 is 0 Å². The van der Waals surface area contributed by atoms with E-state index in [1.165, 1.54) is 6.42 Å². The lowest BCUT2D eigenvalue weighted by Crippen LogP contribution is -2.32. The summed E-state index contributed by atoms with van der Waals surface area (Å²) in [5.74, 6) is 0.819. The number of hydrogen-bond acceptors (Lipinski definition) is 1. The van der Waals surface area contributed by atoms with Gasteiger partial charge in [-0.25, -0.2) is 0 Å². The van der Waals surface area contributed by atoms with Crippen LogP contribution in [-0.2, 0) is 0 Å². The summed E-state index contributed by atoms with van der Waals surface area (Å²) >= 11 is 0. The maximum atomic E-state index is 2.30. The summed E-state index contributed by atoms with van der Waals surface area (Å²) in [5, 5.41) is 0. The summed E-state index contributed by atoms with van der Waals surface area (Å²) in [6.45, 7) is 4.57. The van der Waals surface area contributed by atoms with Crippen LogP contribution in [-0.4, -0.2) is 18.0 Å². The highest BCUT2D eigenvalue weighted by Crippen LogP contribution is 2.18. The Balaban J connectivity index is 2.58. The summed E-state index contributed by atoms with van der Waals surface area (Å²) < 4.78 is 0. The molecule has 1 heterocycles. The van der Waals surface area contributed by atoms with E-state index in [4.69, 9.17) is 0 Å². The number of allylic oxidation sites excluding steroid dienone is 1. The van der Waals surface area contributed by atoms with Gasteiger partial charge in [0, 0.05) is 13.1 Å². The van der Waals surface area contributed by atoms with Crippen molar-refractivity contribution in [1.29, 1.82) is 0 Å². The molecule has 2 atom stereocenters. The molecule has 0 saturated carbocycles. The van der Waals surface area contributed by atoms with E-state index in [0.29, 0.717) is 0 Å². The monoisotopic (exact) mass is 125 g/mol. The van der Waals surface area contributed by atoms with Crippen LogP contribution >= 0.6 is 0 Å². The van der Waals surface area contributed by atoms with Crippen LogP contribution in [0.25, 0.3) is 0 Å². The van der Waals surface area contributed by atoms with E-state index < -0.39 is 0 Å². The van der Waals surface area contributed by atoms with Gasteiger partial charge in [0.05, 0.1) is 0 Å². The lowest BCUT2D eigenvalue weighted by Gasteiger charge is -2.31. The van der Waals surface area contributed by atoms with Gasteiger partial charge in [0.25, 0.3) is 0 Å². The molecule has 1 heteroatoms. The Bertz CT molecular complexity index is 118. The normalized spacial score (nSPS) is 35.2. The molecule has 52 valence electrons. The lowest BCUT2D eigenvalue weighted by atomic mass is 9.96. The Kier molecular flexibility index (Phi) is 1.79. The molecular weight excluding hydrogens is 110 g/mol. The zero-order valence-electron chi connectivity index (χ0n) is 6.46. The Morgan fingerprint density at radius 3 is 2.56 bits per heavy atom. The van der Waals surface area contributed by atoms with E-state index in [1.54, 1.807) is 0 Å². The van der Waals surface area contributed by atoms with Crippen molar-refractivity contribution in [2.45, 2.75) is 26.3 Å². The Morgan fingerprint density at radius 2 is 2.11 bits per heavy atom. The van der Waals surface area contributed by atoms with Gasteiger partial charge in [-0.1, -0.05) is 13.0 Å². The third-order valence-electron chi connectivity index (χ3n) is 2.31. The molecule has 0 N–H and O–H groups in total. The van der Waals surface area contributed by atoms with Crippen molar-refractivity contribution in [3.05, 3.63) is 12.3 Å². The summed E-state index contributed by atoms with van der Waals surface area (Å²) in [7, 11) is 2.14. The van der Waals surface area contributed by atoms with Gasteiger partial charge in [0.1, 0.15) is 0 Å². The van der Waals surface area contributed by atoms with Crippen molar-refractivity contribution in [2.24, 2.45) is 5.92 Å². The van der Waals surface area contributed by atoms with Crippen LogP contribution in [0.15, 0.2) is 12.3 Å². The second kappa shape index (κ2) is 2.42. The van der Waals surface area contributed by atoms with Crippen LogP contribution in [0.1, 0.15) is 20.3 Å². The van der Waals surface area contributed by atoms with Gasteiger partial charge in [-0.2, -0.15) is 0 Å². The Morgan fingerprint density at radius 1 is 1.44 bits per heavy atom. The van der Waals surface area contributed by atoms with E-state index in [2.05, 4.69) is 38.1 Å². The largest absolute Gasteiger partial charge is 0.378 e. The molecule has 0 aromatic heterocycles. The standard InChI is InChI=1S/C8H15N/c1-7-5-4-6-9(3)8(7)2/h4,6-8H,5H2,1-3H3. The fourth-order valence-corrected chi connectivity index (χ4v) is 1.18. The third kappa shape index (κ3) is 1.26. The summed E-state index contributed by atoms with van der Waals surface area (Å²) in [6, 6.07) is 0.718. The van der Waals surface area contributed by atoms with Crippen LogP contribution in [0, 0.1) is 5.92 Å². The van der Waals surface area contributed by atoms with Crippen molar-refractivity contribution < 1.29 is 0 Å². The zero-order valence-corrected chi connectivity index (χ0v) is 6.46. The van der Waals surface area contributed by atoms with Crippen molar-refractivity contribution >= 4 is 0 Å². The zero-order chi connectivity index (χ0) is 6.85. The molecule has 0 saturated heterocycles. The first-order valence-electron chi connectivity index (χ1n) is 3.60. The highest BCUT2D eigenvalue weighted by molar-refractivity contribution is 4.93. The van der Waals surface area contributed by atoms with E-state index in [9.17, 15) is 0 Å². The minimum atomic E-state index is 0.718. The molecule has 0 spiro atoms. The van der Waals surface area contributed by atoms with Crippen LogP contribution in [0.4, 0.5) is 0 Å². The third-order valence-corrected chi connectivity index (χ3v) is 2.31. The lowest BCUT2D eigenvalue weighted by molar-refractivity contribution is 0.249. The van der Waals surface area contributed by atoms with Gasteiger partial charge in [0.15, 0.2) is 0 Å². The maximum absolute atomic E-state index is 2.30. The average Bonchev–Trinajstić information content (AvgIpc) is 1.83. The summed E-state index contributed by atoms with van der Waals surface area (Å²) in [5.41, 5.74) is 0. The number of nitrogens with zero attached hydrogens (tertiary/aromatic N) is 1. The number of hydrogen-bond donors (Lipinski definition) is 0. The van der Waals surface area contributed by atoms with E-state index in [0.717, 1.165) is 12.0 Å². The second-order valence-electron chi connectivity index (χ2n) is 3.00. The molecule has 2 unspecified atom stereocenters. The molecule has 0 aromatic rings. The Hall–Kier alpha value is -0.460. The fourth-order valence-electron chi connectivity index (χ4n) is 1.18. The first-order valence-corrected chi connectivity index (χ1v) is 3.60. The smallest absolute Gasteiger partial charge is 0.0281 e. The molecule has 1 aliphatic rings. The average molecular weight is 125 g/mol. The van der Waals surface area contributed by atoms with Gasteiger partial charge in [-0.15, -0.1) is 0 Å². The fraction of sp³-hybridized carbons (Fsp3) is 0.750. The molecular formula is C8H15N. The predicted octanol–water partition coefficient (Wildman–Crippen LogP) is 1.86. The second-order valence-corrected chi connectivity index (χ2v) is 3.00. The molecule has 0 aliphatic carbocycles. The molecule has 0 bridgehead atoms. The molecule has 0 fully saturated rings. The van der Waals surface area contributed by atoms with Gasteiger partial charge < -0.3 is 4.90 Å². The molecule has 0 amide bonds. The topological polar surface area (TPSA) is 3.24 Å². The molecule has 0 radical (unpaired) electrons. The highest BCUT2D eigenvalue weighted by Gasteiger charge is 2.16. The SMILES string of the molecule is CC1CC=CN(C)C1C. The van der Waals surface area contributed by atoms with Gasteiger partial charge in [-0.05, 0) is 25.5 Å². The minimum Gasteiger partial charge on any atom is -0.378 e. The summed E-state index contributed by atoms with van der Waals surface area (Å²) in [6.07, 6.45) is 5.65. The predicted molar refractivity (Wildman–Crippen MR) is 40.1 cm³/mol. The Labute approximate surface area is 57.4 Å². The van der Waals surface area contributed by atoms with E-state index in [-0.39, 0.29) is 0 Å². The van der Waals surface area contributed by atoms with Gasteiger partial charge >= 0.3 is 0 Å². The molecule has 9 heavy (non-hydrogen) atoms. The highest BCUT2D eigenvalue weighted by atomic mass is 15.1. The quantitative estimate of drug-likeness (QED) is 0.477. The molecule has 1 aliphatic heterocycles. The first-order chi connectivity index (χ1) is 4.22. The van der Waals surface area contributed by atoms with Crippen molar-refractivity contribution in [2.75, 3.05) is 7.05 Å². The maximum Gasteiger partial charge on any atom is 0.0281 e. The van der Waals surface area contributed by atoms with Crippen LogP contribution in [0.3, 0.4) is 0 Å². The van der Waals surface area contributed by atoms with Crippen molar-refractivity contribution in [3.63, 3.8) is 0 Å². The summed E-state index contributed by atoms with van der Waals surface area (Å²) in [4.78, 5) is 2.27. The molecule has 1 nitrogen and oxygen atoms in total. The minimum absolute atomic E-state index is 0.718. The molecule has 1 rings (SSSR count). The molecule has 0 aromatic carbocycles.